The Bertz CT molecular complexity index is 515. The van der Waals surface area contributed by atoms with Crippen molar-refractivity contribution in [3.05, 3.63) is 24.0 Å². The van der Waals surface area contributed by atoms with E-state index in [1.807, 2.05) is 10.6 Å². The summed E-state index contributed by atoms with van der Waals surface area (Å²) in [6.07, 6.45) is 4.00. The van der Waals surface area contributed by atoms with Crippen LogP contribution in [0.15, 0.2) is 18.5 Å². The summed E-state index contributed by atoms with van der Waals surface area (Å²) >= 11 is 0. The van der Waals surface area contributed by atoms with Gasteiger partial charge in [-0.1, -0.05) is 13.8 Å². The molecule has 1 unspecified atom stereocenters. The van der Waals surface area contributed by atoms with Crippen LogP contribution in [0.4, 0.5) is 5.82 Å². The second-order valence-electron chi connectivity index (χ2n) is 5.46. The van der Waals surface area contributed by atoms with E-state index in [-0.39, 0.29) is 0 Å². The molecular formula is C14H22N4. The largest absolute Gasteiger partial charge is 0.367 e. The summed E-state index contributed by atoms with van der Waals surface area (Å²) in [5.74, 6) is 1.77. The number of pyridine rings is 1. The van der Waals surface area contributed by atoms with Crippen molar-refractivity contribution in [2.75, 3.05) is 5.32 Å². The second-order valence-corrected chi connectivity index (χ2v) is 5.46. The van der Waals surface area contributed by atoms with Crippen LogP contribution >= 0.6 is 0 Å². The van der Waals surface area contributed by atoms with E-state index in [0.717, 1.165) is 17.4 Å². The van der Waals surface area contributed by atoms with Crippen LogP contribution in [0.1, 0.15) is 39.2 Å². The molecule has 98 valence electrons. The van der Waals surface area contributed by atoms with Crippen LogP contribution in [-0.2, 0) is 0 Å². The monoisotopic (exact) mass is 246 g/mol. The van der Waals surface area contributed by atoms with Crippen molar-refractivity contribution in [2.24, 2.45) is 5.92 Å². The van der Waals surface area contributed by atoms with E-state index in [4.69, 9.17) is 0 Å². The van der Waals surface area contributed by atoms with Gasteiger partial charge < -0.3 is 5.32 Å². The van der Waals surface area contributed by atoms with Gasteiger partial charge in [0.25, 0.3) is 0 Å². The van der Waals surface area contributed by atoms with Crippen LogP contribution in [0.3, 0.4) is 0 Å². The van der Waals surface area contributed by atoms with Gasteiger partial charge in [-0.3, -0.25) is 0 Å². The Balaban J connectivity index is 2.13. The number of nitrogens with one attached hydrogen (secondary N) is 1. The minimum atomic E-state index is 0.446. The van der Waals surface area contributed by atoms with E-state index in [2.05, 4.69) is 49.2 Å². The first-order valence-electron chi connectivity index (χ1n) is 6.63. The molecule has 0 aliphatic carbocycles. The van der Waals surface area contributed by atoms with E-state index in [1.54, 1.807) is 6.33 Å². The average Bonchev–Trinajstić information content (AvgIpc) is 2.74. The number of anilines is 1. The van der Waals surface area contributed by atoms with E-state index in [9.17, 15) is 0 Å². The summed E-state index contributed by atoms with van der Waals surface area (Å²) in [6.45, 7) is 8.82. The molecule has 0 radical (unpaired) electrons. The third kappa shape index (κ3) is 3.00. The fourth-order valence-electron chi connectivity index (χ4n) is 2.07. The normalized spacial score (nSPS) is 13.2. The maximum Gasteiger partial charge on any atom is 0.157 e. The lowest BCUT2D eigenvalue weighted by molar-refractivity contribution is 0.526. The van der Waals surface area contributed by atoms with Gasteiger partial charge in [0, 0.05) is 6.04 Å². The molecule has 2 aromatic rings. The molecule has 0 saturated carbocycles. The zero-order valence-corrected chi connectivity index (χ0v) is 11.6. The Morgan fingerprint density at radius 1 is 1.22 bits per heavy atom. The zero-order valence-electron chi connectivity index (χ0n) is 11.6. The molecule has 4 heteroatoms. The van der Waals surface area contributed by atoms with Gasteiger partial charge in [0.1, 0.15) is 12.1 Å². The molecule has 1 N–H and O–H groups in total. The van der Waals surface area contributed by atoms with Crippen molar-refractivity contribution in [2.45, 2.75) is 46.6 Å². The van der Waals surface area contributed by atoms with Gasteiger partial charge in [0.2, 0.25) is 0 Å². The number of fused-ring (bicyclic) bond motifs is 1. The van der Waals surface area contributed by atoms with E-state index in [0.29, 0.717) is 6.04 Å². The molecule has 0 spiro atoms. The lowest BCUT2D eigenvalue weighted by Gasteiger charge is -2.17. The van der Waals surface area contributed by atoms with Crippen LogP contribution in [0.2, 0.25) is 0 Å². The highest BCUT2D eigenvalue weighted by molar-refractivity contribution is 5.51. The van der Waals surface area contributed by atoms with Crippen molar-refractivity contribution in [1.82, 2.24) is 14.6 Å². The van der Waals surface area contributed by atoms with Gasteiger partial charge in [-0.05, 0) is 50.3 Å². The number of aryl methyl sites for hydroxylation is 1. The fraction of sp³-hybridized carbons (Fsp3) is 0.571. The predicted molar refractivity (Wildman–Crippen MR) is 74.9 cm³/mol. The molecule has 2 rings (SSSR count). The Kier molecular flexibility index (Phi) is 3.84. The van der Waals surface area contributed by atoms with Gasteiger partial charge in [-0.15, -0.1) is 0 Å². The minimum absolute atomic E-state index is 0.446. The van der Waals surface area contributed by atoms with Gasteiger partial charge in [-0.25, -0.2) is 4.98 Å². The highest BCUT2D eigenvalue weighted by Crippen LogP contribution is 2.16. The van der Waals surface area contributed by atoms with Crippen molar-refractivity contribution in [1.29, 1.82) is 0 Å². The summed E-state index contributed by atoms with van der Waals surface area (Å²) in [4.78, 5) is 4.23. The molecular weight excluding hydrogens is 224 g/mol. The average molecular weight is 246 g/mol. The summed E-state index contributed by atoms with van der Waals surface area (Å²) < 4.78 is 1.86. The van der Waals surface area contributed by atoms with Gasteiger partial charge in [0.15, 0.2) is 5.65 Å². The standard InChI is InChI=1S/C14H22N4/c1-10(2)5-6-12(4)17-14-8-11(3)7-13-15-9-16-18(13)14/h7-10,12,17H,5-6H2,1-4H3. The third-order valence-electron chi connectivity index (χ3n) is 3.09. The minimum Gasteiger partial charge on any atom is -0.367 e. The van der Waals surface area contributed by atoms with Gasteiger partial charge >= 0.3 is 0 Å². The van der Waals surface area contributed by atoms with Crippen molar-refractivity contribution < 1.29 is 0 Å². The Hall–Kier alpha value is -1.58. The van der Waals surface area contributed by atoms with Crippen LogP contribution in [0.25, 0.3) is 5.65 Å². The van der Waals surface area contributed by atoms with Crippen molar-refractivity contribution in [3.63, 3.8) is 0 Å². The lowest BCUT2D eigenvalue weighted by Crippen LogP contribution is -2.18. The van der Waals surface area contributed by atoms with Gasteiger partial charge in [-0.2, -0.15) is 9.61 Å². The van der Waals surface area contributed by atoms with Crippen molar-refractivity contribution in [3.8, 4) is 0 Å². The third-order valence-corrected chi connectivity index (χ3v) is 3.09. The molecule has 0 amide bonds. The first-order chi connectivity index (χ1) is 8.56. The molecule has 0 fully saturated rings. The van der Waals surface area contributed by atoms with Crippen LogP contribution in [0.5, 0.6) is 0 Å². The SMILES string of the molecule is Cc1cc(NC(C)CCC(C)C)n2ncnc2c1. The van der Waals surface area contributed by atoms with Crippen molar-refractivity contribution >= 4 is 11.5 Å². The molecule has 0 saturated heterocycles. The predicted octanol–water partition coefficient (Wildman–Crippen LogP) is 3.27. The molecule has 18 heavy (non-hydrogen) atoms. The first kappa shape index (κ1) is 12.9. The smallest absolute Gasteiger partial charge is 0.157 e. The molecule has 2 aromatic heterocycles. The van der Waals surface area contributed by atoms with Crippen LogP contribution in [0, 0.1) is 12.8 Å². The molecule has 0 bridgehead atoms. The maximum atomic E-state index is 4.25. The molecule has 0 aromatic carbocycles. The molecule has 0 aliphatic heterocycles. The first-order valence-corrected chi connectivity index (χ1v) is 6.63. The highest BCUT2D eigenvalue weighted by Gasteiger charge is 2.08. The molecule has 0 aliphatic rings. The van der Waals surface area contributed by atoms with E-state index < -0.39 is 0 Å². The van der Waals surface area contributed by atoms with E-state index >= 15 is 0 Å². The summed E-state index contributed by atoms with van der Waals surface area (Å²) in [7, 11) is 0. The molecule has 1 atom stereocenters. The summed E-state index contributed by atoms with van der Waals surface area (Å²) in [5.41, 5.74) is 2.10. The number of nitrogens with zero attached hydrogens (tertiary/aromatic N) is 3. The second kappa shape index (κ2) is 5.38. The molecule has 4 nitrogen and oxygen atoms in total. The Labute approximate surface area is 108 Å². The maximum absolute atomic E-state index is 4.25. The number of aromatic nitrogens is 3. The number of hydrogen-bond donors (Lipinski definition) is 1. The van der Waals surface area contributed by atoms with E-state index in [1.165, 1.54) is 18.4 Å². The van der Waals surface area contributed by atoms with Crippen LogP contribution < -0.4 is 5.32 Å². The van der Waals surface area contributed by atoms with Crippen LogP contribution in [-0.4, -0.2) is 20.6 Å². The Morgan fingerprint density at radius 2 is 2.00 bits per heavy atom. The highest BCUT2D eigenvalue weighted by atomic mass is 15.3. The summed E-state index contributed by atoms with van der Waals surface area (Å²) in [5, 5.41) is 7.78. The Morgan fingerprint density at radius 3 is 2.72 bits per heavy atom. The lowest BCUT2D eigenvalue weighted by atomic mass is 10.0. The zero-order chi connectivity index (χ0) is 13.1. The topological polar surface area (TPSA) is 42.2 Å². The number of rotatable bonds is 5. The fourth-order valence-corrected chi connectivity index (χ4v) is 2.07. The molecule has 2 heterocycles. The quantitative estimate of drug-likeness (QED) is 0.880. The summed E-state index contributed by atoms with van der Waals surface area (Å²) in [6, 6.07) is 4.60. The van der Waals surface area contributed by atoms with Gasteiger partial charge in [0.05, 0.1) is 0 Å². The number of hydrogen-bond acceptors (Lipinski definition) is 3.